The number of likely N-dealkylation sites (N-methyl/N-ethyl adjacent to an activating group) is 1. The largest absolute Gasteiger partial charge is 0.493 e. The molecule has 2 aromatic carbocycles. The predicted molar refractivity (Wildman–Crippen MR) is 125 cm³/mol. The van der Waals surface area contributed by atoms with Gasteiger partial charge in [-0.1, -0.05) is 0 Å². The molecule has 0 radical (unpaired) electrons. The van der Waals surface area contributed by atoms with Crippen LogP contribution in [0, 0.1) is 0 Å². The molecule has 0 aliphatic heterocycles. The van der Waals surface area contributed by atoms with Crippen molar-refractivity contribution in [3.63, 3.8) is 0 Å². The van der Waals surface area contributed by atoms with Crippen LogP contribution in [0.1, 0.15) is 30.1 Å². The van der Waals surface area contributed by atoms with Gasteiger partial charge in [0.1, 0.15) is 0 Å². The number of anilines is 1. The smallest absolute Gasteiger partial charge is 0.419 e. The molecule has 0 saturated carbocycles. The van der Waals surface area contributed by atoms with E-state index in [4.69, 9.17) is 13.9 Å². The fraction of sp³-hybridized carbons (Fsp3) is 0.375. The molecule has 33 heavy (non-hydrogen) atoms. The summed E-state index contributed by atoms with van der Waals surface area (Å²) in [6, 6.07) is 10.1. The molecule has 3 aromatic rings. The van der Waals surface area contributed by atoms with Crippen LogP contribution in [0.4, 0.5) is 5.69 Å². The van der Waals surface area contributed by atoms with Gasteiger partial charge in [-0.2, -0.15) is 0 Å². The van der Waals surface area contributed by atoms with E-state index in [1.54, 1.807) is 41.0 Å². The molecule has 1 N–H and O–H groups in total. The van der Waals surface area contributed by atoms with Gasteiger partial charge < -0.3 is 24.1 Å². The molecule has 0 fully saturated rings. The van der Waals surface area contributed by atoms with Gasteiger partial charge in [0.15, 0.2) is 22.9 Å². The van der Waals surface area contributed by atoms with Gasteiger partial charge in [-0.15, -0.1) is 0 Å². The number of benzene rings is 2. The number of ether oxygens (including phenoxy) is 2. The minimum absolute atomic E-state index is 0.0557. The molecule has 0 aliphatic rings. The number of rotatable bonds is 11. The van der Waals surface area contributed by atoms with Crippen LogP contribution in [0.2, 0.25) is 0 Å². The molecule has 0 unspecified atom stereocenters. The first-order valence-corrected chi connectivity index (χ1v) is 10.7. The molecule has 1 amide bonds. The Balaban J connectivity index is 1.55. The first-order valence-electron chi connectivity index (χ1n) is 10.7. The second-order valence-corrected chi connectivity index (χ2v) is 7.93. The Morgan fingerprint density at radius 1 is 1.12 bits per heavy atom. The number of hydrogen-bond donors (Lipinski definition) is 1. The van der Waals surface area contributed by atoms with Gasteiger partial charge in [-0.3, -0.25) is 14.2 Å². The minimum atomic E-state index is -0.417. The van der Waals surface area contributed by atoms with Gasteiger partial charge in [-0.05, 0) is 63.8 Å². The molecule has 0 aliphatic carbocycles. The highest BCUT2D eigenvalue weighted by Gasteiger charge is 2.12. The van der Waals surface area contributed by atoms with Crippen LogP contribution in [0.3, 0.4) is 0 Å². The Bertz CT molecular complexity index is 1190. The van der Waals surface area contributed by atoms with Crippen molar-refractivity contribution in [1.29, 1.82) is 0 Å². The number of ketones is 1. The number of hydrogen-bond acceptors (Lipinski definition) is 7. The van der Waals surface area contributed by atoms with E-state index in [9.17, 15) is 14.4 Å². The molecule has 0 atom stereocenters. The molecule has 0 saturated heterocycles. The summed E-state index contributed by atoms with van der Waals surface area (Å²) in [5.74, 6) is 0.353. The zero-order valence-corrected chi connectivity index (χ0v) is 19.3. The molecule has 1 aromatic heterocycles. The van der Waals surface area contributed by atoms with E-state index in [0.717, 1.165) is 0 Å². The van der Waals surface area contributed by atoms with Gasteiger partial charge in [0.2, 0.25) is 5.91 Å². The minimum Gasteiger partial charge on any atom is -0.493 e. The summed E-state index contributed by atoms with van der Waals surface area (Å²) in [6.45, 7) is 2.98. The Morgan fingerprint density at radius 2 is 1.91 bits per heavy atom. The molecule has 9 heteroatoms. The number of carbonyl (C=O) groups is 2. The number of aromatic nitrogens is 1. The number of fused-ring (bicyclic) bond motifs is 1. The fourth-order valence-corrected chi connectivity index (χ4v) is 3.30. The van der Waals surface area contributed by atoms with Crippen molar-refractivity contribution in [2.75, 3.05) is 39.7 Å². The second kappa shape index (κ2) is 10.8. The predicted octanol–water partition coefficient (Wildman–Crippen LogP) is 3.17. The number of carbonyl (C=O) groups excluding carboxylic acids is 2. The summed E-state index contributed by atoms with van der Waals surface area (Å²) in [5, 5.41) is 2.85. The lowest BCUT2D eigenvalue weighted by molar-refractivity contribution is -0.116. The molecule has 3 rings (SSSR count). The zero-order valence-electron chi connectivity index (χ0n) is 19.3. The first kappa shape index (κ1) is 24.1. The van der Waals surface area contributed by atoms with Gasteiger partial charge >= 0.3 is 5.76 Å². The summed E-state index contributed by atoms with van der Waals surface area (Å²) in [6.07, 6.45) is 0.746. The van der Waals surface area contributed by atoms with Crippen LogP contribution >= 0.6 is 0 Å². The fourth-order valence-electron chi connectivity index (χ4n) is 3.30. The average molecular weight is 456 g/mol. The normalized spacial score (nSPS) is 11.1. The summed E-state index contributed by atoms with van der Waals surface area (Å²) in [7, 11) is 5.37. The second-order valence-electron chi connectivity index (χ2n) is 7.93. The standard InChI is InChI=1S/C24H29N3O6/c1-16(28)17-7-9-21(22(14-17)31-4)32-13-5-6-23(29)25-18-8-10-20-19(15-18)27(24(30)33-20)12-11-26(2)3/h7-10,14-15H,5-6,11-13H2,1-4H3,(H,25,29). The van der Waals surface area contributed by atoms with Crippen LogP contribution in [0.5, 0.6) is 11.5 Å². The maximum Gasteiger partial charge on any atom is 0.419 e. The lowest BCUT2D eigenvalue weighted by atomic mass is 10.1. The number of nitrogens with one attached hydrogen (secondary N) is 1. The third kappa shape index (κ3) is 6.23. The maximum absolute atomic E-state index is 12.4. The first-order chi connectivity index (χ1) is 15.8. The topological polar surface area (TPSA) is 103 Å². The van der Waals surface area contributed by atoms with Crippen LogP contribution in [-0.2, 0) is 11.3 Å². The number of Topliss-reactive ketones (excluding diaryl/α,β-unsaturated/α-hetero) is 1. The highest BCUT2D eigenvalue weighted by atomic mass is 16.5. The molecule has 1 heterocycles. The molecule has 0 bridgehead atoms. The van der Waals surface area contributed by atoms with Crippen LogP contribution in [0.15, 0.2) is 45.6 Å². The van der Waals surface area contributed by atoms with Crippen molar-refractivity contribution in [2.24, 2.45) is 0 Å². The number of oxazole rings is 1. The van der Waals surface area contributed by atoms with Crippen molar-refractivity contribution in [3.05, 3.63) is 52.5 Å². The van der Waals surface area contributed by atoms with Crippen molar-refractivity contribution >= 4 is 28.5 Å². The summed E-state index contributed by atoms with van der Waals surface area (Å²) in [5.41, 5.74) is 2.26. The Labute approximate surface area is 191 Å². The quantitative estimate of drug-likeness (QED) is 0.350. The Morgan fingerprint density at radius 3 is 2.61 bits per heavy atom. The SMILES string of the molecule is COc1cc(C(C)=O)ccc1OCCCC(=O)Nc1ccc2oc(=O)n(CCN(C)C)c2c1. The van der Waals surface area contributed by atoms with Crippen LogP contribution in [-0.4, -0.2) is 55.5 Å². The highest BCUT2D eigenvalue weighted by Crippen LogP contribution is 2.28. The third-order valence-corrected chi connectivity index (χ3v) is 5.10. The number of amides is 1. The third-order valence-electron chi connectivity index (χ3n) is 5.10. The van der Waals surface area contributed by atoms with E-state index < -0.39 is 5.76 Å². The van der Waals surface area contributed by atoms with Crippen molar-refractivity contribution in [3.8, 4) is 11.5 Å². The van der Waals surface area contributed by atoms with Crippen LogP contribution in [0.25, 0.3) is 11.1 Å². The Hall–Kier alpha value is -3.59. The lowest BCUT2D eigenvalue weighted by Crippen LogP contribution is -2.23. The van der Waals surface area contributed by atoms with E-state index in [1.165, 1.54) is 14.0 Å². The van der Waals surface area contributed by atoms with Gasteiger partial charge in [0.05, 0.1) is 19.2 Å². The molecule has 9 nitrogen and oxygen atoms in total. The van der Waals surface area contributed by atoms with E-state index in [-0.39, 0.29) is 18.1 Å². The van der Waals surface area contributed by atoms with Gasteiger partial charge in [0, 0.05) is 30.8 Å². The monoisotopic (exact) mass is 455 g/mol. The van der Waals surface area contributed by atoms with Crippen LogP contribution < -0.4 is 20.5 Å². The van der Waals surface area contributed by atoms with Crippen molar-refractivity contribution < 1.29 is 23.5 Å². The number of methoxy groups -OCH3 is 1. The zero-order chi connectivity index (χ0) is 24.0. The van der Waals surface area contributed by atoms with E-state index in [0.29, 0.717) is 60.0 Å². The van der Waals surface area contributed by atoms with E-state index >= 15 is 0 Å². The molecule has 176 valence electrons. The number of nitrogens with zero attached hydrogens (tertiary/aromatic N) is 2. The molecular weight excluding hydrogens is 426 g/mol. The summed E-state index contributed by atoms with van der Waals surface area (Å²) >= 11 is 0. The van der Waals surface area contributed by atoms with E-state index in [1.807, 2.05) is 19.0 Å². The Kier molecular flexibility index (Phi) is 7.89. The van der Waals surface area contributed by atoms with Crippen molar-refractivity contribution in [1.82, 2.24) is 9.47 Å². The molecular formula is C24H29N3O6. The van der Waals surface area contributed by atoms with Gasteiger partial charge in [-0.25, -0.2) is 4.79 Å². The van der Waals surface area contributed by atoms with Gasteiger partial charge in [0.25, 0.3) is 0 Å². The average Bonchev–Trinajstić information content (AvgIpc) is 3.09. The lowest BCUT2D eigenvalue weighted by Gasteiger charge is -2.12. The highest BCUT2D eigenvalue weighted by molar-refractivity contribution is 5.94. The maximum atomic E-state index is 12.4. The summed E-state index contributed by atoms with van der Waals surface area (Å²) < 4.78 is 17.8. The van der Waals surface area contributed by atoms with Crippen molar-refractivity contribution in [2.45, 2.75) is 26.3 Å². The van der Waals surface area contributed by atoms with E-state index in [2.05, 4.69) is 5.32 Å². The summed E-state index contributed by atoms with van der Waals surface area (Å²) in [4.78, 5) is 38.0. The molecule has 0 spiro atoms.